The van der Waals surface area contributed by atoms with Gasteiger partial charge < -0.3 is 5.43 Å². The standard InChI is InChI=1S/C10H9BrN2O2S2/c11-8-3-5-9(6-4-8)12-13-17(14,15)10-2-1-7-16-10/h1-7,12-13H. The van der Waals surface area contributed by atoms with Crippen molar-refractivity contribution in [2.75, 3.05) is 5.43 Å². The summed E-state index contributed by atoms with van der Waals surface area (Å²) in [7, 11) is -3.48. The lowest BCUT2D eigenvalue weighted by Gasteiger charge is -2.07. The third kappa shape index (κ3) is 3.29. The quantitative estimate of drug-likeness (QED) is 0.846. The SMILES string of the molecule is O=S(=O)(NNc1ccc(Br)cc1)c1cccs1. The predicted octanol–water partition coefficient (Wildman–Crippen LogP) is 2.82. The number of hydrazine groups is 1. The van der Waals surface area contributed by atoms with Crippen molar-refractivity contribution in [2.24, 2.45) is 0 Å². The van der Waals surface area contributed by atoms with Crippen LogP contribution < -0.4 is 10.3 Å². The molecule has 0 saturated heterocycles. The Kier molecular flexibility index (Phi) is 3.82. The van der Waals surface area contributed by atoms with Gasteiger partial charge in [0.15, 0.2) is 0 Å². The number of hydrogen-bond acceptors (Lipinski definition) is 4. The second-order valence-electron chi connectivity index (χ2n) is 3.17. The van der Waals surface area contributed by atoms with E-state index in [-0.39, 0.29) is 4.21 Å². The lowest BCUT2D eigenvalue weighted by atomic mass is 10.3. The first-order valence-electron chi connectivity index (χ1n) is 4.65. The molecule has 0 fully saturated rings. The maximum Gasteiger partial charge on any atom is 0.266 e. The molecule has 7 heteroatoms. The average molecular weight is 333 g/mol. The van der Waals surface area contributed by atoms with Crippen LogP contribution in [0, 0.1) is 0 Å². The second kappa shape index (κ2) is 5.18. The topological polar surface area (TPSA) is 58.2 Å². The highest BCUT2D eigenvalue weighted by molar-refractivity contribution is 9.10. The fourth-order valence-electron chi connectivity index (χ4n) is 1.13. The molecule has 2 N–H and O–H groups in total. The number of rotatable bonds is 4. The van der Waals surface area contributed by atoms with Gasteiger partial charge in [-0.05, 0) is 35.7 Å². The van der Waals surface area contributed by atoms with Crippen molar-refractivity contribution >= 4 is 43.0 Å². The summed E-state index contributed by atoms with van der Waals surface area (Å²) in [4.78, 5) is 2.31. The van der Waals surface area contributed by atoms with E-state index >= 15 is 0 Å². The molecule has 0 aliphatic rings. The fraction of sp³-hybridized carbons (Fsp3) is 0. The van der Waals surface area contributed by atoms with Crippen molar-refractivity contribution in [1.82, 2.24) is 4.83 Å². The van der Waals surface area contributed by atoms with E-state index in [9.17, 15) is 8.42 Å². The van der Waals surface area contributed by atoms with Gasteiger partial charge in [-0.15, -0.1) is 16.2 Å². The Labute approximate surface area is 112 Å². The van der Waals surface area contributed by atoms with Gasteiger partial charge in [0, 0.05) is 10.2 Å². The summed E-state index contributed by atoms with van der Waals surface area (Å²) in [6, 6.07) is 10.4. The van der Waals surface area contributed by atoms with E-state index < -0.39 is 10.0 Å². The zero-order valence-corrected chi connectivity index (χ0v) is 11.8. The molecule has 17 heavy (non-hydrogen) atoms. The molecule has 0 aliphatic carbocycles. The number of nitrogens with one attached hydrogen (secondary N) is 2. The number of sulfonamides is 1. The Morgan fingerprint density at radius 1 is 1.12 bits per heavy atom. The van der Waals surface area contributed by atoms with Crippen LogP contribution in [0.1, 0.15) is 0 Å². The second-order valence-corrected chi connectivity index (χ2v) is 6.94. The van der Waals surface area contributed by atoms with Crippen LogP contribution in [-0.4, -0.2) is 8.42 Å². The lowest BCUT2D eigenvalue weighted by Crippen LogP contribution is -2.28. The first-order chi connectivity index (χ1) is 8.08. The minimum atomic E-state index is -3.48. The predicted molar refractivity (Wildman–Crippen MR) is 72.4 cm³/mol. The van der Waals surface area contributed by atoms with E-state index in [2.05, 4.69) is 26.2 Å². The number of thiophene rings is 1. The third-order valence-corrected chi connectivity index (χ3v) is 5.11. The van der Waals surface area contributed by atoms with Gasteiger partial charge in [0.1, 0.15) is 4.21 Å². The molecule has 0 bridgehead atoms. The Hall–Kier alpha value is -0.890. The zero-order valence-electron chi connectivity index (χ0n) is 8.55. The molecule has 0 radical (unpaired) electrons. The third-order valence-electron chi connectivity index (χ3n) is 1.93. The summed E-state index contributed by atoms with van der Waals surface area (Å²) in [5, 5.41) is 1.72. The highest BCUT2D eigenvalue weighted by Gasteiger charge is 2.13. The van der Waals surface area contributed by atoms with E-state index in [0.29, 0.717) is 5.69 Å². The van der Waals surface area contributed by atoms with Gasteiger partial charge in [0.25, 0.3) is 10.0 Å². The van der Waals surface area contributed by atoms with Gasteiger partial charge in [-0.3, -0.25) is 0 Å². The van der Waals surface area contributed by atoms with E-state index in [1.807, 2.05) is 12.1 Å². The normalized spacial score (nSPS) is 11.4. The molecule has 2 aromatic rings. The Morgan fingerprint density at radius 2 is 1.82 bits per heavy atom. The van der Waals surface area contributed by atoms with Crippen molar-refractivity contribution in [3.63, 3.8) is 0 Å². The summed E-state index contributed by atoms with van der Waals surface area (Å²) in [5.74, 6) is 0. The van der Waals surface area contributed by atoms with Gasteiger partial charge in [-0.2, -0.15) is 0 Å². The highest BCUT2D eigenvalue weighted by Crippen LogP contribution is 2.16. The molecular weight excluding hydrogens is 324 g/mol. The van der Waals surface area contributed by atoms with Gasteiger partial charge in [0.05, 0.1) is 0 Å². The van der Waals surface area contributed by atoms with Crippen molar-refractivity contribution < 1.29 is 8.42 Å². The molecule has 1 heterocycles. The minimum Gasteiger partial charge on any atom is -0.308 e. The number of halogens is 1. The van der Waals surface area contributed by atoms with Crippen molar-refractivity contribution in [1.29, 1.82) is 0 Å². The van der Waals surface area contributed by atoms with Gasteiger partial charge in [0.2, 0.25) is 0 Å². The van der Waals surface area contributed by atoms with Crippen LogP contribution in [0.15, 0.2) is 50.5 Å². The molecule has 90 valence electrons. The van der Waals surface area contributed by atoms with Crippen molar-refractivity contribution in [3.05, 3.63) is 46.3 Å². The summed E-state index contributed by atoms with van der Waals surface area (Å²) >= 11 is 4.47. The Balaban J connectivity index is 2.06. The first kappa shape index (κ1) is 12.6. The Morgan fingerprint density at radius 3 is 2.41 bits per heavy atom. The van der Waals surface area contributed by atoms with Gasteiger partial charge in [-0.25, -0.2) is 8.42 Å². The highest BCUT2D eigenvalue weighted by atomic mass is 79.9. The average Bonchev–Trinajstić information content (AvgIpc) is 2.82. The zero-order chi connectivity index (χ0) is 12.3. The first-order valence-corrected chi connectivity index (χ1v) is 7.80. The summed E-state index contributed by atoms with van der Waals surface area (Å²) in [5.41, 5.74) is 3.32. The molecular formula is C10H9BrN2O2S2. The number of anilines is 1. The van der Waals surface area contributed by atoms with Crippen LogP contribution in [0.25, 0.3) is 0 Å². The van der Waals surface area contributed by atoms with Crippen LogP contribution in [-0.2, 0) is 10.0 Å². The lowest BCUT2D eigenvalue weighted by molar-refractivity contribution is 0.590. The molecule has 4 nitrogen and oxygen atoms in total. The molecule has 0 atom stereocenters. The van der Waals surface area contributed by atoms with Gasteiger partial charge >= 0.3 is 0 Å². The number of hydrogen-bond donors (Lipinski definition) is 2. The largest absolute Gasteiger partial charge is 0.308 e. The van der Waals surface area contributed by atoms with E-state index in [4.69, 9.17) is 0 Å². The van der Waals surface area contributed by atoms with Crippen LogP contribution in [0.3, 0.4) is 0 Å². The maximum atomic E-state index is 11.8. The van der Waals surface area contributed by atoms with Crippen LogP contribution in [0.2, 0.25) is 0 Å². The fourth-order valence-corrected chi connectivity index (χ4v) is 3.25. The van der Waals surface area contributed by atoms with Crippen LogP contribution >= 0.6 is 27.3 Å². The Bertz CT molecular complexity index is 579. The molecule has 2 rings (SSSR count). The molecule has 0 amide bonds. The maximum absolute atomic E-state index is 11.8. The van der Waals surface area contributed by atoms with Crippen LogP contribution in [0.4, 0.5) is 5.69 Å². The molecule has 1 aromatic heterocycles. The molecule has 0 aliphatic heterocycles. The molecule has 0 unspecified atom stereocenters. The monoisotopic (exact) mass is 332 g/mol. The molecule has 0 saturated carbocycles. The smallest absolute Gasteiger partial charge is 0.266 e. The summed E-state index contributed by atoms with van der Waals surface area (Å²) in [6.45, 7) is 0. The molecule has 0 spiro atoms. The van der Waals surface area contributed by atoms with E-state index in [1.165, 1.54) is 11.3 Å². The summed E-state index contributed by atoms with van der Waals surface area (Å²) < 4.78 is 24.7. The van der Waals surface area contributed by atoms with Crippen molar-refractivity contribution in [3.8, 4) is 0 Å². The molecule has 1 aromatic carbocycles. The number of benzene rings is 1. The van der Waals surface area contributed by atoms with E-state index in [1.54, 1.807) is 29.6 Å². The van der Waals surface area contributed by atoms with E-state index in [0.717, 1.165) is 4.47 Å². The minimum absolute atomic E-state index is 0.280. The van der Waals surface area contributed by atoms with Gasteiger partial charge in [-0.1, -0.05) is 22.0 Å². The van der Waals surface area contributed by atoms with Crippen LogP contribution in [0.5, 0.6) is 0 Å². The summed E-state index contributed by atoms with van der Waals surface area (Å²) in [6.07, 6.45) is 0. The van der Waals surface area contributed by atoms with Crippen molar-refractivity contribution in [2.45, 2.75) is 4.21 Å².